The molecule has 0 saturated carbocycles. The maximum atomic E-state index is 12.8. The molecule has 1 saturated heterocycles. The van der Waals surface area contributed by atoms with E-state index >= 15 is 0 Å². The zero-order valence-electron chi connectivity index (χ0n) is 14.9. The summed E-state index contributed by atoms with van der Waals surface area (Å²) in [6, 6.07) is 14.9. The zero-order chi connectivity index (χ0) is 20.1. The zero-order valence-corrected chi connectivity index (χ0v) is 15.8. The summed E-state index contributed by atoms with van der Waals surface area (Å²) in [6.45, 7) is 3.96. The first-order chi connectivity index (χ1) is 13.5. The van der Waals surface area contributed by atoms with Crippen molar-refractivity contribution >= 4 is 40.3 Å². The second-order valence-electron chi connectivity index (χ2n) is 6.08. The summed E-state index contributed by atoms with van der Waals surface area (Å²) in [4.78, 5) is 42.2. The van der Waals surface area contributed by atoms with E-state index in [2.05, 4.69) is 11.6 Å². The summed E-state index contributed by atoms with van der Waals surface area (Å²) < 4.78 is 0. The van der Waals surface area contributed by atoms with Crippen molar-refractivity contribution in [1.82, 2.24) is 4.90 Å². The van der Waals surface area contributed by atoms with Crippen LogP contribution in [0.1, 0.15) is 27.1 Å². The van der Waals surface area contributed by atoms with Gasteiger partial charge in [-0.25, -0.2) is 9.79 Å². The third kappa shape index (κ3) is 4.37. The lowest BCUT2D eigenvalue weighted by Gasteiger charge is -2.13. The minimum absolute atomic E-state index is 0.0815. The monoisotopic (exact) mass is 394 g/mol. The molecular weight excluding hydrogens is 376 g/mol. The van der Waals surface area contributed by atoms with Crippen LogP contribution in [0, 0.1) is 0 Å². The molecule has 1 amide bonds. The number of carboxylic acids is 1. The van der Waals surface area contributed by atoms with Crippen LogP contribution < -0.4 is 0 Å². The van der Waals surface area contributed by atoms with E-state index in [-0.39, 0.29) is 30.2 Å². The van der Waals surface area contributed by atoms with Gasteiger partial charge < -0.3 is 5.11 Å². The first-order valence-corrected chi connectivity index (χ1v) is 9.47. The molecule has 1 atom stereocenters. The quantitative estimate of drug-likeness (QED) is 0.570. The summed E-state index contributed by atoms with van der Waals surface area (Å²) in [6.07, 6.45) is 1.68. The molecule has 1 fully saturated rings. The standard InChI is InChI=1S/C21H18N2O4S/c1-2-12-23-19(25)18(13-17(24)14-6-4-3-5-7-14)28-21(23)22-16-10-8-15(9-11-16)20(26)27/h2-11,18H,1,12-13H2,(H,26,27). The lowest BCUT2D eigenvalue weighted by atomic mass is 10.1. The van der Waals surface area contributed by atoms with E-state index in [9.17, 15) is 14.4 Å². The molecule has 0 spiro atoms. The van der Waals surface area contributed by atoms with Crippen LogP contribution in [0.15, 0.2) is 72.2 Å². The van der Waals surface area contributed by atoms with Crippen LogP contribution in [0.2, 0.25) is 0 Å². The Hall–Kier alpha value is -3.19. The lowest BCUT2D eigenvalue weighted by Crippen LogP contribution is -2.32. The van der Waals surface area contributed by atoms with Gasteiger partial charge in [-0.05, 0) is 24.3 Å². The molecule has 0 aliphatic carbocycles. The van der Waals surface area contributed by atoms with Gasteiger partial charge in [0.1, 0.15) is 0 Å². The molecule has 0 aromatic heterocycles. The topological polar surface area (TPSA) is 87.0 Å². The predicted octanol–water partition coefficient (Wildman–Crippen LogP) is 3.78. The number of rotatable bonds is 7. The number of carboxylic acid groups (broad SMARTS) is 1. The minimum Gasteiger partial charge on any atom is -0.478 e. The molecule has 0 bridgehead atoms. The van der Waals surface area contributed by atoms with Crippen LogP contribution in [-0.4, -0.2) is 44.6 Å². The first kappa shape index (κ1) is 19.6. The third-order valence-corrected chi connectivity index (χ3v) is 5.31. The van der Waals surface area contributed by atoms with Gasteiger partial charge in [-0.15, -0.1) is 6.58 Å². The summed E-state index contributed by atoms with van der Waals surface area (Å²) >= 11 is 1.24. The number of thioether (sulfide) groups is 1. The summed E-state index contributed by atoms with van der Waals surface area (Å²) in [5.74, 6) is -1.30. The van der Waals surface area contributed by atoms with Crippen LogP contribution >= 0.6 is 11.8 Å². The van der Waals surface area contributed by atoms with Crippen molar-refractivity contribution in [2.45, 2.75) is 11.7 Å². The Labute approximate surface area is 166 Å². The van der Waals surface area contributed by atoms with Crippen molar-refractivity contribution in [3.05, 3.63) is 78.4 Å². The van der Waals surface area contributed by atoms with Gasteiger partial charge in [-0.2, -0.15) is 0 Å². The first-order valence-electron chi connectivity index (χ1n) is 8.59. The molecule has 1 N–H and O–H groups in total. The maximum Gasteiger partial charge on any atom is 0.335 e. The van der Waals surface area contributed by atoms with E-state index in [0.29, 0.717) is 16.4 Å². The molecule has 1 heterocycles. The lowest BCUT2D eigenvalue weighted by molar-refractivity contribution is -0.125. The molecule has 7 heteroatoms. The molecule has 2 aromatic rings. The molecule has 0 radical (unpaired) electrons. The fourth-order valence-corrected chi connectivity index (χ4v) is 3.89. The van der Waals surface area contributed by atoms with Crippen molar-refractivity contribution in [3.8, 4) is 0 Å². The van der Waals surface area contributed by atoms with E-state index in [4.69, 9.17) is 5.11 Å². The van der Waals surface area contributed by atoms with Crippen molar-refractivity contribution < 1.29 is 19.5 Å². The average molecular weight is 394 g/mol. The van der Waals surface area contributed by atoms with Crippen molar-refractivity contribution in [1.29, 1.82) is 0 Å². The molecule has 28 heavy (non-hydrogen) atoms. The van der Waals surface area contributed by atoms with E-state index in [0.717, 1.165) is 0 Å². The molecule has 1 aliphatic rings. The highest BCUT2D eigenvalue weighted by atomic mass is 32.2. The Balaban J connectivity index is 1.80. The third-order valence-electron chi connectivity index (χ3n) is 4.14. The summed E-state index contributed by atoms with van der Waals surface area (Å²) in [5, 5.41) is 8.90. The Morgan fingerprint density at radius 1 is 1.11 bits per heavy atom. The van der Waals surface area contributed by atoms with E-state index in [1.165, 1.54) is 28.8 Å². The minimum atomic E-state index is -1.02. The van der Waals surface area contributed by atoms with Gasteiger partial charge >= 0.3 is 5.97 Å². The fourth-order valence-electron chi connectivity index (χ4n) is 2.72. The van der Waals surface area contributed by atoms with Crippen molar-refractivity contribution in [3.63, 3.8) is 0 Å². The van der Waals surface area contributed by atoms with Crippen LogP contribution in [0.5, 0.6) is 0 Å². The van der Waals surface area contributed by atoms with Gasteiger partial charge in [0.05, 0.1) is 16.5 Å². The number of ketones is 1. The van der Waals surface area contributed by atoms with Gasteiger partial charge in [0.15, 0.2) is 11.0 Å². The Morgan fingerprint density at radius 2 is 1.79 bits per heavy atom. The fraction of sp³-hybridized carbons (Fsp3) is 0.143. The molecule has 6 nitrogen and oxygen atoms in total. The molecule has 142 valence electrons. The molecule has 1 unspecified atom stereocenters. The van der Waals surface area contributed by atoms with Gasteiger partial charge in [0.2, 0.25) is 5.91 Å². The van der Waals surface area contributed by atoms with Crippen LogP contribution in [0.4, 0.5) is 5.69 Å². The number of hydrogen-bond donors (Lipinski definition) is 1. The molecule has 2 aromatic carbocycles. The van der Waals surface area contributed by atoms with Crippen molar-refractivity contribution in [2.24, 2.45) is 4.99 Å². The number of benzene rings is 2. The second kappa shape index (κ2) is 8.67. The number of carbonyl (C=O) groups excluding carboxylic acids is 2. The highest BCUT2D eigenvalue weighted by Gasteiger charge is 2.38. The average Bonchev–Trinajstić information content (AvgIpc) is 2.98. The van der Waals surface area contributed by atoms with Gasteiger partial charge in [0, 0.05) is 18.5 Å². The maximum absolute atomic E-state index is 12.8. The number of aromatic carboxylic acids is 1. The molecule has 1 aliphatic heterocycles. The Bertz CT molecular complexity index is 939. The SMILES string of the molecule is C=CCN1C(=O)C(CC(=O)c2ccccc2)SC1=Nc1ccc(C(=O)O)cc1. The number of Topliss-reactive ketones (excluding diaryl/α,β-unsaturated/α-hetero) is 1. The largest absolute Gasteiger partial charge is 0.478 e. The van der Waals surface area contributed by atoms with E-state index in [1.54, 1.807) is 42.5 Å². The van der Waals surface area contributed by atoms with Crippen LogP contribution in [0.3, 0.4) is 0 Å². The number of carbonyl (C=O) groups is 3. The Morgan fingerprint density at radius 3 is 2.39 bits per heavy atom. The van der Waals surface area contributed by atoms with Gasteiger partial charge in [0.25, 0.3) is 0 Å². The summed E-state index contributed by atoms with van der Waals surface area (Å²) in [7, 11) is 0. The van der Waals surface area contributed by atoms with Gasteiger partial charge in [-0.3, -0.25) is 14.5 Å². The smallest absolute Gasteiger partial charge is 0.335 e. The second-order valence-corrected chi connectivity index (χ2v) is 7.25. The number of nitrogens with zero attached hydrogens (tertiary/aromatic N) is 2. The number of aliphatic imine (C=N–C) groups is 1. The number of amidine groups is 1. The van der Waals surface area contributed by atoms with E-state index < -0.39 is 11.2 Å². The van der Waals surface area contributed by atoms with Gasteiger partial charge in [-0.1, -0.05) is 48.2 Å². The normalized spacial score (nSPS) is 17.7. The highest BCUT2D eigenvalue weighted by Crippen LogP contribution is 2.32. The summed E-state index contributed by atoms with van der Waals surface area (Å²) in [5.41, 5.74) is 1.26. The number of amides is 1. The predicted molar refractivity (Wildman–Crippen MR) is 109 cm³/mol. The van der Waals surface area contributed by atoms with Crippen LogP contribution in [-0.2, 0) is 4.79 Å². The number of hydrogen-bond acceptors (Lipinski definition) is 5. The van der Waals surface area contributed by atoms with E-state index in [1.807, 2.05) is 6.07 Å². The molecule has 3 rings (SSSR count). The highest BCUT2D eigenvalue weighted by molar-refractivity contribution is 8.15. The Kier molecular flexibility index (Phi) is 6.06. The molecular formula is C21H18N2O4S. The van der Waals surface area contributed by atoms with Crippen LogP contribution in [0.25, 0.3) is 0 Å². The van der Waals surface area contributed by atoms with Crippen molar-refractivity contribution in [2.75, 3.05) is 6.54 Å².